The van der Waals surface area contributed by atoms with Crippen LogP contribution >= 0.6 is 0 Å². The molecule has 0 bridgehead atoms. The summed E-state index contributed by atoms with van der Waals surface area (Å²) in [5.74, 6) is 0.869. The SMILES string of the molecule is CCN(CC(C)(C)C1CCCNC1)C1CC1. The highest BCUT2D eigenvalue weighted by molar-refractivity contribution is 4.90. The van der Waals surface area contributed by atoms with Crippen molar-refractivity contribution in [1.29, 1.82) is 0 Å². The number of hydrogen-bond donors (Lipinski definition) is 1. The molecular weight excluding hydrogens is 196 g/mol. The standard InChI is InChI=1S/C14H28N2/c1-4-16(13-7-8-13)11-14(2,3)12-6-5-9-15-10-12/h12-13,15H,4-11H2,1-3H3. The van der Waals surface area contributed by atoms with Crippen LogP contribution in [0.1, 0.15) is 46.5 Å². The second-order valence-electron chi connectivity index (χ2n) is 6.33. The van der Waals surface area contributed by atoms with Gasteiger partial charge >= 0.3 is 0 Å². The van der Waals surface area contributed by atoms with Gasteiger partial charge in [0.25, 0.3) is 0 Å². The van der Waals surface area contributed by atoms with E-state index in [-0.39, 0.29) is 0 Å². The fourth-order valence-corrected chi connectivity index (χ4v) is 3.11. The molecule has 1 unspecified atom stereocenters. The van der Waals surface area contributed by atoms with Crippen LogP contribution in [0, 0.1) is 11.3 Å². The van der Waals surface area contributed by atoms with Crippen LogP contribution in [-0.4, -0.2) is 37.1 Å². The van der Waals surface area contributed by atoms with Crippen LogP contribution in [0.25, 0.3) is 0 Å². The number of nitrogens with zero attached hydrogens (tertiary/aromatic N) is 1. The van der Waals surface area contributed by atoms with Gasteiger partial charge in [-0.15, -0.1) is 0 Å². The lowest BCUT2D eigenvalue weighted by molar-refractivity contribution is 0.0989. The number of hydrogen-bond acceptors (Lipinski definition) is 2. The van der Waals surface area contributed by atoms with Crippen LogP contribution < -0.4 is 5.32 Å². The summed E-state index contributed by atoms with van der Waals surface area (Å²) in [4.78, 5) is 2.70. The fourth-order valence-electron chi connectivity index (χ4n) is 3.11. The predicted octanol–water partition coefficient (Wildman–Crippen LogP) is 2.50. The van der Waals surface area contributed by atoms with E-state index in [1.807, 2.05) is 0 Å². The van der Waals surface area contributed by atoms with E-state index in [0.717, 1.165) is 12.0 Å². The Hall–Kier alpha value is -0.0800. The number of nitrogens with one attached hydrogen (secondary N) is 1. The van der Waals surface area contributed by atoms with Gasteiger partial charge in [-0.25, -0.2) is 0 Å². The summed E-state index contributed by atoms with van der Waals surface area (Å²) in [5.41, 5.74) is 0.478. The Morgan fingerprint density at radius 2 is 2.00 bits per heavy atom. The summed E-state index contributed by atoms with van der Waals surface area (Å²) < 4.78 is 0. The lowest BCUT2D eigenvalue weighted by atomic mass is 9.74. The maximum absolute atomic E-state index is 3.56. The molecule has 2 rings (SSSR count). The Labute approximate surface area is 101 Å². The Bertz CT molecular complexity index is 215. The van der Waals surface area contributed by atoms with Gasteiger partial charge in [-0.2, -0.15) is 0 Å². The van der Waals surface area contributed by atoms with Gasteiger partial charge in [0, 0.05) is 12.6 Å². The van der Waals surface area contributed by atoms with E-state index in [1.165, 1.54) is 51.9 Å². The Kier molecular flexibility index (Phi) is 3.91. The van der Waals surface area contributed by atoms with Gasteiger partial charge in [0.1, 0.15) is 0 Å². The highest BCUT2D eigenvalue weighted by atomic mass is 15.2. The molecule has 94 valence electrons. The van der Waals surface area contributed by atoms with E-state index in [0.29, 0.717) is 5.41 Å². The quantitative estimate of drug-likeness (QED) is 0.772. The largest absolute Gasteiger partial charge is 0.316 e. The molecule has 1 aliphatic carbocycles. The van der Waals surface area contributed by atoms with Crippen LogP contribution in [-0.2, 0) is 0 Å². The molecule has 1 atom stereocenters. The minimum absolute atomic E-state index is 0.478. The highest BCUT2D eigenvalue weighted by Crippen LogP contribution is 2.36. The van der Waals surface area contributed by atoms with Crippen molar-refractivity contribution in [2.75, 3.05) is 26.2 Å². The summed E-state index contributed by atoms with van der Waals surface area (Å²) in [6.07, 6.45) is 5.66. The van der Waals surface area contributed by atoms with Crippen molar-refractivity contribution in [3.05, 3.63) is 0 Å². The van der Waals surface area contributed by atoms with E-state index < -0.39 is 0 Å². The molecule has 0 amide bonds. The van der Waals surface area contributed by atoms with Crippen LogP contribution in [0.15, 0.2) is 0 Å². The van der Waals surface area contributed by atoms with Crippen molar-refractivity contribution in [3.63, 3.8) is 0 Å². The topological polar surface area (TPSA) is 15.3 Å². The van der Waals surface area contributed by atoms with Crippen molar-refractivity contribution in [1.82, 2.24) is 10.2 Å². The molecule has 0 aromatic heterocycles. The highest BCUT2D eigenvalue weighted by Gasteiger charge is 2.36. The molecule has 2 fully saturated rings. The maximum atomic E-state index is 3.56. The molecule has 2 heteroatoms. The minimum atomic E-state index is 0.478. The second-order valence-corrected chi connectivity index (χ2v) is 6.33. The van der Waals surface area contributed by atoms with Gasteiger partial charge in [-0.05, 0) is 56.7 Å². The molecule has 1 N–H and O–H groups in total. The van der Waals surface area contributed by atoms with Crippen LogP contribution in [0.5, 0.6) is 0 Å². The Morgan fingerprint density at radius 1 is 1.25 bits per heavy atom. The van der Waals surface area contributed by atoms with Crippen LogP contribution in [0.3, 0.4) is 0 Å². The number of piperidine rings is 1. The first-order chi connectivity index (χ1) is 7.63. The second kappa shape index (κ2) is 5.05. The van der Waals surface area contributed by atoms with Crippen molar-refractivity contribution in [2.45, 2.75) is 52.5 Å². The molecule has 0 aromatic rings. The molecule has 0 radical (unpaired) electrons. The van der Waals surface area contributed by atoms with Gasteiger partial charge in [0.05, 0.1) is 0 Å². The molecule has 2 aliphatic rings. The van der Waals surface area contributed by atoms with Gasteiger partial charge < -0.3 is 10.2 Å². The maximum Gasteiger partial charge on any atom is 0.00965 e. The summed E-state index contributed by atoms with van der Waals surface area (Å²) in [5, 5.41) is 3.56. The van der Waals surface area contributed by atoms with Crippen molar-refractivity contribution in [2.24, 2.45) is 11.3 Å². The third-order valence-corrected chi connectivity index (χ3v) is 4.48. The molecule has 1 saturated carbocycles. The van der Waals surface area contributed by atoms with Crippen molar-refractivity contribution < 1.29 is 0 Å². The van der Waals surface area contributed by atoms with Crippen molar-refractivity contribution in [3.8, 4) is 0 Å². The molecule has 1 aliphatic heterocycles. The van der Waals surface area contributed by atoms with E-state index in [9.17, 15) is 0 Å². The van der Waals surface area contributed by atoms with Crippen LogP contribution in [0.2, 0.25) is 0 Å². The molecule has 1 heterocycles. The summed E-state index contributed by atoms with van der Waals surface area (Å²) in [7, 11) is 0. The van der Waals surface area contributed by atoms with Gasteiger partial charge in [0.15, 0.2) is 0 Å². The average Bonchev–Trinajstić information content (AvgIpc) is 3.11. The molecule has 2 nitrogen and oxygen atoms in total. The first kappa shape index (κ1) is 12.4. The van der Waals surface area contributed by atoms with Gasteiger partial charge in [-0.1, -0.05) is 20.8 Å². The van der Waals surface area contributed by atoms with E-state index >= 15 is 0 Å². The van der Waals surface area contributed by atoms with Gasteiger partial charge in [-0.3, -0.25) is 0 Å². The molecule has 16 heavy (non-hydrogen) atoms. The minimum Gasteiger partial charge on any atom is -0.316 e. The fraction of sp³-hybridized carbons (Fsp3) is 1.00. The summed E-state index contributed by atoms with van der Waals surface area (Å²) in [6, 6.07) is 0.917. The zero-order valence-corrected chi connectivity index (χ0v) is 11.3. The normalized spacial score (nSPS) is 27.4. The summed E-state index contributed by atoms with van der Waals surface area (Å²) >= 11 is 0. The third kappa shape index (κ3) is 2.98. The molecule has 0 spiro atoms. The van der Waals surface area contributed by atoms with Crippen LogP contribution in [0.4, 0.5) is 0 Å². The van der Waals surface area contributed by atoms with E-state index in [2.05, 4.69) is 31.0 Å². The van der Waals surface area contributed by atoms with E-state index in [1.54, 1.807) is 0 Å². The third-order valence-electron chi connectivity index (χ3n) is 4.48. The smallest absolute Gasteiger partial charge is 0.00965 e. The molecular formula is C14H28N2. The first-order valence-corrected chi connectivity index (χ1v) is 7.08. The Morgan fingerprint density at radius 3 is 2.50 bits per heavy atom. The zero-order valence-electron chi connectivity index (χ0n) is 11.3. The number of rotatable bonds is 5. The average molecular weight is 224 g/mol. The van der Waals surface area contributed by atoms with Crippen molar-refractivity contribution >= 4 is 0 Å². The van der Waals surface area contributed by atoms with E-state index in [4.69, 9.17) is 0 Å². The Balaban J connectivity index is 1.88. The molecule has 1 saturated heterocycles. The monoisotopic (exact) mass is 224 g/mol. The lowest BCUT2D eigenvalue weighted by Gasteiger charge is -2.40. The zero-order chi connectivity index (χ0) is 11.6. The summed E-state index contributed by atoms with van der Waals surface area (Å²) in [6.45, 7) is 12.2. The first-order valence-electron chi connectivity index (χ1n) is 7.08. The van der Waals surface area contributed by atoms with Gasteiger partial charge in [0.2, 0.25) is 0 Å². The molecule has 0 aromatic carbocycles. The lowest BCUT2D eigenvalue weighted by Crippen LogP contribution is -2.45. The predicted molar refractivity (Wildman–Crippen MR) is 69.6 cm³/mol.